The van der Waals surface area contributed by atoms with Crippen LogP contribution in [0.4, 0.5) is 0 Å². The number of fused-ring (bicyclic) bond motifs is 3. The topological polar surface area (TPSA) is 61.8 Å². The lowest BCUT2D eigenvalue weighted by Crippen LogP contribution is -2.57. The predicted molar refractivity (Wildman–Crippen MR) is 91.0 cm³/mol. The first-order chi connectivity index (χ1) is 11.7. The maximum absolute atomic E-state index is 12.9. The fourth-order valence-electron chi connectivity index (χ4n) is 3.95. The summed E-state index contributed by atoms with van der Waals surface area (Å²) in [6.45, 7) is 0. The Labute approximate surface area is 141 Å². The highest BCUT2D eigenvalue weighted by molar-refractivity contribution is 6.11. The van der Waals surface area contributed by atoms with Gasteiger partial charge < -0.3 is 5.32 Å². The maximum Gasteiger partial charge on any atom is 0.251 e. The van der Waals surface area contributed by atoms with Gasteiger partial charge in [-0.1, -0.05) is 42.0 Å². The van der Waals surface area contributed by atoms with Gasteiger partial charge in [-0.15, -0.1) is 0 Å². The maximum atomic E-state index is 12.9. The van der Waals surface area contributed by atoms with Crippen LogP contribution in [0.2, 0.25) is 0 Å². The Morgan fingerprint density at radius 2 is 1.92 bits per heavy atom. The molecule has 0 radical (unpaired) electrons. The highest BCUT2D eigenvalue weighted by Crippen LogP contribution is 2.38. The van der Waals surface area contributed by atoms with Crippen molar-refractivity contribution in [2.24, 2.45) is 11.0 Å². The first-order valence-electron chi connectivity index (χ1n) is 8.70. The second-order valence-corrected chi connectivity index (χ2v) is 6.66. The molecule has 5 heteroatoms. The quantitative estimate of drug-likeness (QED) is 0.808. The van der Waals surface area contributed by atoms with Crippen LogP contribution in [0.5, 0.6) is 0 Å². The molecule has 1 aromatic carbocycles. The summed E-state index contributed by atoms with van der Waals surface area (Å²) in [6, 6.07) is 8.99. The molecule has 2 aliphatic heterocycles. The van der Waals surface area contributed by atoms with E-state index in [9.17, 15) is 9.59 Å². The van der Waals surface area contributed by atoms with Gasteiger partial charge in [0.15, 0.2) is 5.84 Å². The number of nitrogens with zero attached hydrogens (tertiary/aromatic N) is 2. The standard InChI is InChI=1S/C19H21N3O2/c23-16-12-5-4-7-13-10-6-11-15(13)17-19(24)20-18(21-22(16)17)14-8-2-1-3-9-14/h1-3,7-9,15,17H,4-6,10-12H2,(H,20,21,24)/b13-7+. The van der Waals surface area contributed by atoms with E-state index >= 15 is 0 Å². The van der Waals surface area contributed by atoms with Crippen LogP contribution >= 0.6 is 0 Å². The lowest BCUT2D eigenvalue weighted by atomic mass is 9.91. The number of hydrogen-bond acceptors (Lipinski definition) is 3. The molecule has 0 saturated heterocycles. The molecule has 2 atom stereocenters. The Bertz CT molecular complexity index is 723. The normalized spacial score (nSPS) is 29.2. The predicted octanol–water partition coefficient (Wildman–Crippen LogP) is 2.59. The molecule has 1 aromatic rings. The third-order valence-electron chi connectivity index (χ3n) is 5.12. The van der Waals surface area contributed by atoms with E-state index in [2.05, 4.69) is 16.5 Å². The van der Waals surface area contributed by atoms with Crippen molar-refractivity contribution < 1.29 is 9.59 Å². The molecule has 124 valence electrons. The lowest BCUT2D eigenvalue weighted by molar-refractivity contribution is -0.142. The Kier molecular flexibility index (Phi) is 3.92. The first kappa shape index (κ1) is 15.1. The molecule has 1 N–H and O–H groups in total. The van der Waals surface area contributed by atoms with Crippen molar-refractivity contribution in [2.75, 3.05) is 0 Å². The molecule has 0 bridgehead atoms. The summed E-state index contributed by atoms with van der Waals surface area (Å²) in [6.07, 6.45) is 7.47. The number of amides is 2. The van der Waals surface area contributed by atoms with Crippen molar-refractivity contribution in [1.82, 2.24) is 10.3 Å². The summed E-state index contributed by atoms with van der Waals surface area (Å²) in [5.41, 5.74) is 2.15. The first-order valence-corrected chi connectivity index (χ1v) is 8.70. The number of amidine groups is 1. The molecular weight excluding hydrogens is 302 g/mol. The van der Waals surface area contributed by atoms with Crippen LogP contribution in [-0.2, 0) is 9.59 Å². The van der Waals surface area contributed by atoms with Gasteiger partial charge in [0.2, 0.25) is 5.91 Å². The smallest absolute Gasteiger partial charge is 0.251 e. The summed E-state index contributed by atoms with van der Waals surface area (Å²) >= 11 is 0. The number of nitrogens with one attached hydrogen (secondary N) is 1. The van der Waals surface area contributed by atoms with E-state index in [1.165, 1.54) is 10.6 Å². The van der Waals surface area contributed by atoms with Gasteiger partial charge in [-0.25, -0.2) is 5.01 Å². The molecule has 1 fully saturated rings. The number of carbonyl (C=O) groups is 2. The number of rotatable bonds is 1. The number of benzene rings is 1. The van der Waals surface area contributed by atoms with Crippen molar-refractivity contribution >= 4 is 17.6 Å². The number of hydrazone groups is 1. The fourth-order valence-corrected chi connectivity index (χ4v) is 3.95. The van der Waals surface area contributed by atoms with Crippen LogP contribution in [0.1, 0.15) is 44.1 Å². The highest BCUT2D eigenvalue weighted by Gasteiger charge is 2.43. The average Bonchev–Trinajstić information content (AvgIpc) is 3.07. The van der Waals surface area contributed by atoms with Gasteiger partial charge in [0.25, 0.3) is 5.91 Å². The zero-order valence-corrected chi connectivity index (χ0v) is 13.6. The lowest BCUT2D eigenvalue weighted by Gasteiger charge is -2.35. The SMILES string of the molecule is O=C1NC(c2ccccc2)=NN2C(=O)CCC/C=C3\CCCC3C12. The summed E-state index contributed by atoms with van der Waals surface area (Å²) in [4.78, 5) is 25.5. The van der Waals surface area contributed by atoms with Gasteiger partial charge in [-0.2, -0.15) is 5.10 Å². The molecule has 1 saturated carbocycles. The Balaban J connectivity index is 1.75. The van der Waals surface area contributed by atoms with Crippen LogP contribution < -0.4 is 5.32 Å². The average molecular weight is 323 g/mol. The third-order valence-corrected chi connectivity index (χ3v) is 5.12. The Morgan fingerprint density at radius 1 is 1.08 bits per heavy atom. The van der Waals surface area contributed by atoms with Crippen molar-refractivity contribution in [3.8, 4) is 0 Å². The van der Waals surface area contributed by atoms with Gasteiger partial charge in [0.05, 0.1) is 0 Å². The van der Waals surface area contributed by atoms with E-state index in [1.54, 1.807) is 0 Å². The van der Waals surface area contributed by atoms with Crippen molar-refractivity contribution in [3.05, 3.63) is 47.5 Å². The van der Waals surface area contributed by atoms with Crippen molar-refractivity contribution in [1.29, 1.82) is 0 Å². The van der Waals surface area contributed by atoms with Crippen LogP contribution in [0, 0.1) is 5.92 Å². The molecular formula is C19H21N3O2. The van der Waals surface area contributed by atoms with Crippen molar-refractivity contribution in [3.63, 3.8) is 0 Å². The zero-order valence-electron chi connectivity index (χ0n) is 13.6. The van der Waals surface area contributed by atoms with E-state index in [1.807, 2.05) is 30.3 Å². The van der Waals surface area contributed by atoms with E-state index in [0.717, 1.165) is 37.7 Å². The molecule has 1 aliphatic carbocycles. The highest BCUT2D eigenvalue weighted by atomic mass is 16.2. The van der Waals surface area contributed by atoms with Crippen molar-refractivity contribution in [2.45, 2.75) is 44.6 Å². The molecule has 2 heterocycles. The van der Waals surface area contributed by atoms with Crippen LogP contribution in [0.25, 0.3) is 0 Å². The van der Waals surface area contributed by atoms with Crippen LogP contribution in [0.15, 0.2) is 47.1 Å². The number of hydrogen-bond donors (Lipinski definition) is 1. The minimum absolute atomic E-state index is 0.0511. The number of carbonyl (C=O) groups excluding carboxylic acids is 2. The summed E-state index contributed by atoms with van der Waals surface area (Å²) in [7, 11) is 0. The summed E-state index contributed by atoms with van der Waals surface area (Å²) in [5, 5.41) is 8.94. The second kappa shape index (κ2) is 6.23. The zero-order chi connectivity index (χ0) is 16.5. The minimum atomic E-state index is -0.503. The molecule has 24 heavy (non-hydrogen) atoms. The van der Waals surface area contributed by atoms with Gasteiger partial charge in [-0.05, 0) is 32.1 Å². The minimum Gasteiger partial charge on any atom is -0.307 e. The fraction of sp³-hybridized carbons (Fsp3) is 0.421. The van der Waals surface area contributed by atoms with Crippen LogP contribution in [0.3, 0.4) is 0 Å². The molecule has 4 rings (SSSR count). The number of allylic oxidation sites excluding steroid dienone is 1. The molecule has 5 nitrogen and oxygen atoms in total. The monoisotopic (exact) mass is 323 g/mol. The van der Waals surface area contributed by atoms with Gasteiger partial charge in [0, 0.05) is 17.9 Å². The molecule has 3 aliphatic rings. The van der Waals surface area contributed by atoms with E-state index in [0.29, 0.717) is 12.3 Å². The largest absolute Gasteiger partial charge is 0.307 e. The van der Waals surface area contributed by atoms with E-state index < -0.39 is 6.04 Å². The second-order valence-electron chi connectivity index (χ2n) is 6.66. The third kappa shape index (κ3) is 2.64. The van der Waals surface area contributed by atoms with Gasteiger partial charge in [0.1, 0.15) is 6.04 Å². The van der Waals surface area contributed by atoms with Crippen LogP contribution in [-0.4, -0.2) is 28.7 Å². The van der Waals surface area contributed by atoms with E-state index in [-0.39, 0.29) is 17.7 Å². The van der Waals surface area contributed by atoms with Gasteiger partial charge >= 0.3 is 0 Å². The van der Waals surface area contributed by atoms with E-state index in [4.69, 9.17) is 0 Å². The molecule has 2 amide bonds. The molecule has 0 aromatic heterocycles. The van der Waals surface area contributed by atoms with Gasteiger partial charge in [-0.3, -0.25) is 9.59 Å². The Hall–Kier alpha value is -2.43. The summed E-state index contributed by atoms with van der Waals surface area (Å²) in [5.74, 6) is 0.405. The molecule has 0 spiro atoms. The Morgan fingerprint density at radius 3 is 2.75 bits per heavy atom. The molecule has 2 unspecified atom stereocenters. The summed E-state index contributed by atoms with van der Waals surface area (Å²) < 4.78 is 0.